The predicted octanol–water partition coefficient (Wildman–Crippen LogP) is 11.7. The molecule has 2 N–H and O–H groups in total. The maximum atomic E-state index is 15.8. The van der Waals surface area contributed by atoms with Gasteiger partial charge < -0.3 is 34.3 Å². The zero-order valence-corrected chi connectivity index (χ0v) is 47.3. The number of carbonyl (C=O) groups excluding carboxylic acids is 4. The molecule has 2 aromatic rings. The molecule has 0 amide bonds. The zero-order chi connectivity index (χ0) is 54.5. The monoisotopic (exact) mass is 1090 g/mol. The summed E-state index contributed by atoms with van der Waals surface area (Å²) in [5.74, 6) is -2.26. The molecule has 4 heterocycles. The molecular formula is C60H83ClF2N4O8S. The molecule has 12 nitrogen and oxygen atoms in total. The number of anilines is 1. The molecule has 11 atom stereocenters. The Morgan fingerprint density at radius 1 is 0.947 bits per heavy atom. The standard InChI is InChI=1S/C60H83ClF2N4O8S/c1-8-22-60-23-21-45(68)54(60)57(4,5)47(74-49(70)34-76-39-27-37-19-20-38(28-39)65(37)7)31-58(6,9-2)55(36(60)3)75-48(69)18-16-14-12-10-11-13-15-17-26-73-56(72)41-32-67(44-30-42(44)62)51-40(53(41)71)29-43(63)52(50(51)61)66-33-46(64)59(35-66)24-25-59/h8-9,29,32,36-39,42,44,46-47,54-55H,1-2,10-28,30-31,33-35,64H2,3-7H3/t36-,37?,38?,39?,42+,44?,46-,47+,54?,55-,58+,60?/m1/s1. The molecule has 418 valence electrons. The number of esters is 3. The van der Waals surface area contributed by atoms with E-state index in [0.29, 0.717) is 68.9 Å². The molecule has 76 heavy (non-hydrogen) atoms. The van der Waals surface area contributed by atoms with Gasteiger partial charge in [-0.05, 0) is 89.2 Å². The number of pyridine rings is 1. The molecule has 7 fully saturated rings. The summed E-state index contributed by atoms with van der Waals surface area (Å²) in [5.41, 5.74) is 3.74. The van der Waals surface area contributed by atoms with Crippen LogP contribution in [0.5, 0.6) is 0 Å². The van der Waals surface area contributed by atoms with Gasteiger partial charge in [-0.3, -0.25) is 19.2 Å². The first-order chi connectivity index (χ1) is 36.2. The number of carbonyl (C=O) groups is 4. The second kappa shape index (κ2) is 22.8. The number of hydrogen-bond donors (Lipinski definition) is 1. The average Bonchev–Trinajstić information content (AvgIpc) is 4.32. The molecule has 1 aromatic carbocycles. The maximum Gasteiger partial charge on any atom is 0.343 e. The van der Waals surface area contributed by atoms with Gasteiger partial charge in [-0.1, -0.05) is 90.0 Å². The average molecular weight is 1090 g/mol. The SMILES string of the molecule is C=CCC12CCC(=O)C1C(C)(C)[C@@H](OC(=O)CSC1CC3CCC(C1)N3C)C[C@](C)(C=C)[C@H](OC(=O)CCCCCCCCCCOC(=O)c1cn(C3C[C@@H]3F)c3c(Cl)c(N4C[C@@H](N)C5(CC5)C4)c(F)cc3c1=O)[C@H]2C. The van der Waals surface area contributed by atoms with E-state index in [9.17, 15) is 28.4 Å². The zero-order valence-electron chi connectivity index (χ0n) is 45.7. The van der Waals surface area contributed by atoms with Gasteiger partial charge >= 0.3 is 17.9 Å². The van der Waals surface area contributed by atoms with E-state index in [2.05, 4.69) is 52.8 Å². The van der Waals surface area contributed by atoms with Crippen LogP contribution in [0.2, 0.25) is 5.02 Å². The van der Waals surface area contributed by atoms with Gasteiger partial charge in [-0.2, -0.15) is 0 Å². The third-order valence-corrected chi connectivity index (χ3v) is 21.4. The van der Waals surface area contributed by atoms with Crippen LogP contribution in [0, 0.1) is 39.3 Å². The third-order valence-electron chi connectivity index (χ3n) is 19.8. The summed E-state index contributed by atoms with van der Waals surface area (Å²) in [4.78, 5) is 73.2. The van der Waals surface area contributed by atoms with Crippen molar-refractivity contribution in [2.45, 2.75) is 204 Å². The van der Waals surface area contributed by atoms with Crippen LogP contribution in [0.15, 0.2) is 42.4 Å². The molecule has 16 heteroatoms. The van der Waals surface area contributed by atoms with Crippen LogP contribution in [-0.4, -0.2) is 107 Å². The van der Waals surface area contributed by atoms with Crippen LogP contribution >= 0.6 is 23.4 Å². The second-order valence-corrected chi connectivity index (χ2v) is 26.7. The lowest BCUT2D eigenvalue weighted by molar-refractivity contribution is -0.190. The fraction of sp³-hybridized carbons (Fsp3) is 0.717. The number of ketones is 1. The first-order valence-electron chi connectivity index (χ1n) is 28.6. The number of thioether (sulfide) groups is 1. The summed E-state index contributed by atoms with van der Waals surface area (Å²) in [6, 6.07) is 1.52. The van der Waals surface area contributed by atoms with Crippen molar-refractivity contribution in [2.75, 3.05) is 37.4 Å². The Hall–Kier alpha value is -3.79. The van der Waals surface area contributed by atoms with Crippen molar-refractivity contribution >= 4 is 63.6 Å². The second-order valence-electron chi connectivity index (χ2n) is 25.1. The van der Waals surface area contributed by atoms with Crippen LogP contribution in [0.3, 0.4) is 0 Å². The summed E-state index contributed by atoms with van der Waals surface area (Å²) < 4.78 is 50.6. The number of benzene rings is 1. The molecule has 3 saturated heterocycles. The van der Waals surface area contributed by atoms with E-state index in [1.54, 1.807) is 11.8 Å². The summed E-state index contributed by atoms with van der Waals surface area (Å²) >= 11 is 8.59. The number of piperidine rings is 1. The molecule has 4 saturated carbocycles. The van der Waals surface area contributed by atoms with Crippen molar-refractivity contribution < 1.29 is 42.2 Å². The first-order valence-corrected chi connectivity index (χ1v) is 30.0. The van der Waals surface area contributed by atoms with E-state index < -0.39 is 63.8 Å². The number of Topliss-reactive ketones (excluding diaryl/α,β-unsaturated/α-hetero) is 1. The number of rotatable bonds is 22. The van der Waals surface area contributed by atoms with E-state index in [-0.39, 0.29) is 87.5 Å². The van der Waals surface area contributed by atoms with Crippen LogP contribution in [0.1, 0.15) is 173 Å². The van der Waals surface area contributed by atoms with Gasteiger partial charge in [0.05, 0.1) is 40.0 Å². The highest BCUT2D eigenvalue weighted by atomic mass is 35.5. The Morgan fingerprint density at radius 3 is 2.22 bits per heavy atom. The van der Waals surface area contributed by atoms with E-state index in [0.717, 1.165) is 70.3 Å². The highest BCUT2D eigenvalue weighted by Gasteiger charge is 2.64. The molecule has 7 aliphatic rings. The number of nitrogens with zero attached hydrogens (tertiary/aromatic N) is 3. The molecule has 5 unspecified atom stereocenters. The van der Waals surface area contributed by atoms with E-state index >= 15 is 4.39 Å². The number of fused-ring (bicyclic) bond motifs is 4. The highest BCUT2D eigenvalue weighted by molar-refractivity contribution is 8.00. The Bertz CT molecular complexity index is 2610. The van der Waals surface area contributed by atoms with Gasteiger partial charge in [0.25, 0.3) is 0 Å². The highest BCUT2D eigenvalue weighted by Crippen LogP contribution is 2.63. The van der Waals surface area contributed by atoms with Gasteiger partial charge in [0.15, 0.2) is 0 Å². The number of nitrogens with two attached hydrogens (primary N) is 1. The minimum absolute atomic E-state index is 0.0173. The summed E-state index contributed by atoms with van der Waals surface area (Å²) in [6.45, 7) is 17.8. The Labute approximate surface area is 457 Å². The fourth-order valence-corrected chi connectivity index (χ4v) is 16.5. The van der Waals surface area contributed by atoms with Gasteiger partial charge in [-0.15, -0.1) is 24.9 Å². The molecule has 2 bridgehead atoms. The van der Waals surface area contributed by atoms with Crippen LogP contribution in [0.4, 0.5) is 14.5 Å². The van der Waals surface area contributed by atoms with Crippen molar-refractivity contribution in [1.29, 1.82) is 0 Å². The van der Waals surface area contributed by atoms with Crippen molar-refractivity contribution in [3.8, 4) is 0 Å². The van der Waals surface area contributed by atoms with Crippen molar-refractivity contribution in [3.05, 3.63) is 64.2 Å². The summed E-state index contributed by atoms with van der Waals surface area (Å²) in [7, 11) is 2.22. The van der Waals surface area contributed by atoms with Crippen molar-refractivity contribution in [2.24, 2.45) is 39.2 Å². The lowest BCUT2D eigenvalue weighted by Crippen LogP contribution is -2.59. The largest absolute Gasteiger partial charge is 0.462 e. The number of allylic oxidation sites excluding steroid dienone is 1. The normalized spacial score (nSPS) is 33.2. The Kier molecular flexibility index (Phi) is 17.0. The van der Waals surface area contributed by atoms with Gasteiger partial charge in [0, 0.05) is 90.0 Å². The minimum atomic E-state index is -1.18. The predicted molar refractivity (Wildman–Crippen MR) is 296 cm³/mol. The quantitative estimate of drug-likeness (QED) is 0.0517. The van der Waals surface area contributed by atoms with Crippen LogP contribution in [0.25, 0.3) is 10.9 Å². The lowest BCUT2D eigenvalue weighted by Gasteiger charge is -2.56. The van der Waals surface area contributed by atoms with Crippen molar-refractivity contribution in [1.82, 2.24) is 9.47 Å². The summed E-state index contributed by atoms with van der Waals surface area (Å²) in [6.07, 6.45) is 18.3. The smallest absolute Gasteiger partial charge is 0.343 e. The molecule has 3 aliphatic heterocycles. The topological polar surface area (TPSA) is 150 Å². The first kappa shape index (κ1) is 56.9. The van der Waals surface area contributed by atoms with E-state index in [4.69, 9.17) is 31.5 Å². The summed E-state index contributed by atoms with van der Waals surface area (Å²) in [5, 5.41) is 0.349. The maximum absolute atomic E-state index is 15.8. The molecule has 1 aromatic heterocycles. The van der Waals surface area contributed by atoms with Crippen LogP contribution < -0.4 is 16.1 Å². The molecule has 4 aliphatic carbocycles. The number of alkyl halides is 1. The van der Waals surface area contributed by atoms with Gasteiger partial charge in [-0.25, -0.2) is 13.6 Å². The van der Waals surface area contributed by atoms with Gasteiger partial charge in [0.1, 0.15) is 35.5 Å². The number of unbranched alkanes of at least 4 members (excludes halogenated alkanes) is 7. The molecule has 1 spiro atoms. The molecule has 9 rings (SSSR count). The minimum Gasteiger partial charge on any atom is -0.462 e. The number of halogens is 3. The van der Waals surface area contributed by atoms with Gasteiger partial charge in [0.2, 0.25) is 5.43 Å². The Balaban J connectivity index is 0.736. The number of hydrogen-bond acceptors (Lipinski definition) is 12. The van der Waals surface area contributed by atoms with Crippen molar-refractivity contribution in [3.63, 3.8) is 0 Å². The lowest BCUT2D eigenvalue weighted by atomic mass is 9.50. The molecular weight excluding hydrogens is 1010 g/mol. The molecule has 0 radical (unpaired) electrons. The Morgan fingerprint density at radius 2 is 1.61 bits per heavy atom. The van der Waals surface area contributed by atoms with E-state index in [1.807, 2.05) is 17.1 Å². The van der Waals surface area contributed by atoms with Crippen LogP contribution in [-0.2, 0) is 28.6 Å². The number of aromatic nitrogens is 1. The fourth-order valence-electron chi connectivity index (χ4n) is 14.9. The van der Waals surface area contributed by atoms with E-state index in [1.165, 1.54) is 23.6 Å². The third kappa shape index (κ3) is 11.1. The number of ether oxygens (including phenoxy) is 3.